The van der Waals surface area contributed by atoms with Gasteiger partial charge in [0.05, 0.1) is 6.42 Å². The first kappa shape index (κ1) is 15.0. The Labute approximate surface area is 133 Å². The Balaban J connectivity index is 1.60. The van der Waals surface area contributed by atoms with E-state index in [9.17, 15) is 9.59 Å². The highest BCUT2D eigenvalue weighted by molar-refractivity contribution is 7.17. The molecule has 1 aromatic carbocycles. The van der Waals surface area contributed by atoms with Crippen molar-refractivity contribution in [2.24, 2.45) is 5.92 Å². The molecule has 2 heterocycles. The quantitative estimate of drug-likeness (QED) is 0.942. The second kappa shape index (κ2) is 6.48. The van der Waals surface area contributed by atoms with E-state index in [0.29, 0.717) is 19.5 Å². The average Bonchev–Trinajstić information content (AvgIpc) is 2.91. The number of aliphatic carboxylic acids is 1. The number of carbonyl (C=O) groups excluding carboxylic acids is 1. The van der Waals surface area contributed by atoms with Gasteiger partial charge in [0.15, 0.2) is 0 Å². The first-order valence-corrected chi connectivity index (χ1v) is 8.46. The summed E-state index contributed by atoms with van der Waals surface area (Å²) in [4.78, 5) is 25.1. The molecule has 22 heavy (non-hydrogen) atoms. The van der Waals surface area contributed by atoms with E-state index < -0.39 is 5.97 Å². The SMILES string of the molecule is O=C(O)CC1CCN(C(=O)Cc2csc3ccccc23)CC1. The van der Waals surface area contributed by atoms with Gasteiger partial charge in [-0.3, -0.25) is 9.59 Å². The third kappa shape index (κ3) is 3.30. The summed E-state index contributed by atoms with van der Waals surface area (Å²) in [5, 5.41) is 12.1. The lowest BCUT2D eigenvalue weighted by Crippen LogP contribution is -2.39. The fourth-order valence-electron chi connectivity index (χ4n) is 3.08. The maximum absolute atomic E-state index is 12.5. The van der Waals surface area contributed by atoms with Crippen LogP contribution in [-0.2, 0) is 16.0 Å². The molecule has 3 rings (SSSR count). The van der Waals surface area contributed by atoms with Gasteiger partial charge in [-0.15, -0.1) is 11.3 Å². The fourth-order valence-corrected chi connectivity index (χ4v) is 4.04. The van der Waals surface area contributed by atoms with Crippen LogP contribution in [0.2, 0.25) is 0 Å². The minimum absolute atomic E-state index is 0.150. The van der Waals surface area contributed by atoms with Crippen molar-refractivity contribution in [2.45, 2.75) is 25.7 Å². The molecule has 2 aromatic rings. The van der Waals surface area contributed by atoms with Crippen molar-refractivity contribution in [3.05, 3.63) is 35.2 Å². The van der Waals surface area contributed by atoms with Crippen LogP contribution < -0.4 is 0 Å². The van der Waals surface area contributed by atoms with Crippen LogP contribution in [0.25, 0.3) is 10.1 Å². The van der Waals surface area contributed by atoms with Crippen LogP contribution in [0.5, 0.6) is 0 Å². The Bertz CT molecular complexity index is 686. The number of carboxylic acid groups (broad SMARTS) is 1. The zero-order valence-corrected chi connectivity index (χ0v) is 13.1. The van der Waals surface area contributed by atoms with Crippen LogP contribution in [0.1, 0.15) is 24.8 Å². The molecule has 1 fully saturated rings. The predicted molar refractivity (Wildman–Crippen MR) is 87.1 cm³/mol. The van der Waals surface area contributed by atoms with Crippen LogP contribution in [0, 0.1) is 5.92 Å². The molecule has 4 nitrogen and oxygen atoms in total. The lowest BCUT2D eigenvalue weighted by Gasteiger charge is -2.31. The molecule has 0 atom stereocenters. The second-order valence-electron chi connectivity index (χ2n) is 5.86. The van der Waals surface area contributed by atoms with Gasteiger partial charge < -0.3 is 10.0 Å². The monoisotopic (exact) mass is 317 g/mol. The standard InChI is InChI=1S/C17H19NO3S/c19-16(18-7-5-12(6-8-18)9-17(20)21)10-13-11-22-15-4-2-1-3-14(13)15/h1-4,11-12H,5-10H2,(H,20,21). The van der Waals surface area contributed by atoms with Crippen LogP contribution in [0.15, 0.2) is 29.6 Å². The molecule has 0 saturated carbocycles. The number of rotatable bonds is 4. The highest BCUT2D eigenvalue weighted by Gasteiger charge is 2.24. The average molecular weight is 317 g/mol. The molecule has 1 amide bonds. The van der Waals surface area contributed by atoms with Crippen molar-refractivity contribution in [1.29, 1.82) is 0 Å². The minimum atomic E-state index is -0.741. The maximum Gasteiger partial charge on any atom is 0.303 e. The molecule has 0 aliphatic carbocycles. The zero-order chi connectivity index (χ0) is 15.5. The summed E-state index contributed by atoms with van der Waals surface area (Å²) in [6.07, 6.45) is 2.25. The van der Waals surface area contributed by atoms with Crippen LogP contribution in [-0.4, -0.2) is 35.0 Å². The van der Waals surface area contributed by atoms with E-state index in [1.807, 2.05) is 17.0 Å². The Morgan fingerprint density at radius 2 is 1.95 bits per heavy atom. The highest BCUT2D eigenvalue weighted by atomic mass is 32.1. The second-order valence-corrected chi connectivity index (χ2v) is 6.77. The van der Waals surface area contributed by atoms with E-state index in [0.717, 1.165) is 18.4 Å². The van der Waals surface area contributed by atoms with E-state index in [-0.39, 0.29) is 18.2 Å². The summed E-state index contributed by atoms with van der Waals surface area (Å²) in [5.74, 6) is -0.379. The smallest absolute Gasteiger partial charge is 0.303 e. The molecular weight excluding hydrogens is 298 g/mol. The fraction of sp³-hybridized carbons (Fsp3) is 0.412. The normalized spacial score (nSPS) is 16.1. The van der Waals surface area contributed by atoms with Crippen LogP contribution >= 0.6 is 11.3 Å². The molecule has 0 unspecified atom stereocenters. The number of hydrogen-bond acceptors (Lipinski definition) is 3. The number of amides is 1. The number of benzene rings is 1. The zero-order valence-electron chi connectivity index (χ0n) is 12.3. The first-order valence-electron chi connectivity index (χ1n) is 7.58. The van der Waals surface area contributed by atoms with E-state index in [4.69, 9.17) is 5.11 Å². The summed E-state index contributed by atoms with van der Waals surface area (Å²) in [6, 6.07) is 8.15. The topological polar surface area (TPSA) is 57.6 Å². The van der Waals surface area contributed by atoms with Crippen molar-refractivity contribution < 1.29 is 14.7 Å². The van der Waals surface area contributed by atoms with Gasteiger partial charge in [0.1, 0.15) is 0 Å². The summed E-state index contributed by atoms with van der Waals surface area (Å²) < 4.78 is 1.21. The van der Waals surface area contributed by atoms with Gasteiger partial charge in [-0.1, -0.05) is 18.2 Å². The number of hydrogen-bond donors (Lipinski definition) is 1. The van der Waals surface area contributed by atoms with Gasteiger partial charge in [0.25, 0.3) is 0 Å². The van der Waals surface area contributed by atoms with Gasteiger partial charge in [-0.2, -0.15) is 0 Å². The van der Waals surface area contributed by atoms with Crippen molar-refractivity contribution >= 4 is 33.3 Å². The summed E-state index contributed by atoms with van der Waals surface area (Å²) in [5.41, 5.74) is 1.10. The van der Waals surface area contributed by atoms with Crippen LogP contribution in [0.3, 0.4) is 0 Å². The largest absolute Gasteiger partial charge is 0.481 e. The highest BCUT2D eigenvalue weighted by Crippen LogP contribution is 2.27. The Kier molecular flexibility index (Phi) is 4.43. The Hall–Kier alpha value is -1.88. The van der Waals surface area contributed by atoms with Gasteiger partial charge in [-0.25, -0.2) is 0 Å². The number of carboxylic acids is 1. The van der Waals surface area contributed by atoms with Crippen LogP contribution in [0.4, 0.5) is 0 Å². The molecule has 1 aliphatic heterocycles. The molecule has 116 valence electrons. The van der Waals surface area contributed by atoms with Gasteiger partial charge >= 0.3 is 5.97 Å². The third-order valence-corrected chi connectivity index (χ3v) is 5.35. The lowest BCUT2D eigenvalue weighted by atomic mass is 9.93. The minimum Gasteiger partial charge on any atom is -0.481 e. The van der Waals surface area contributed by atoms with E-state index in [1.54, 1.807) is 11.3 Å². The number of thiophene rings is 1. The molecular formula is C17H19NO3S. The molecule has 0 spiro atoms. The number of carbonyl (C=O) groups is 2. The number of piperidine rings is 1. The van der Waals surface area contributed by atoms with E-state index in [1.165, 1.54) is 10.1 Å². The summed E-state index contributed by atoms with van der Waals surface area (Å²) >= 11 is 1.67. The molecule has 0 bridgehead atoms. The summed E-state index contributed by atoms with van der Waals surface area (Å²) in [7, 11) is 0. The number of fused-ring (bicyclic) bond motifs is 1. The van der Waals surface area contributed by atoms with Gasteiger partial charge in [-0.05, 0) is 41.2 Å². The molecule has 1 aromatic heterocycles. The van der Waals surface area contributed by atoms with E-state index >= 15 is 0 Å². The predicted octanol–water partition coefficient (Wildman–Crippen LogP) is 3.16. The van der Waals surface area contributed by atoms with Crippen molar-refractivity contribution in [2.75, 3.05) is 13.1 Å². The first-order chi connectivity index (χ1) is 10.6. The molecule has 5 heteroatoms. The maximum atomic E-state index is 12.5. The third-order valence-electron chi connectivity index (χ3n) is 4.33. The molecule has 1 saturated heterocycles. The Morgan fingerprint density at radius 3 is 2.68 bits per heavy atom. The van der Waals surface area contributed by atoms with E-state index in [2.05, 4.69) is 17.5 Å². The van der Waals surface area contributed by atoms with Gasteiger partial charge in [0, 0.05) is 24.2 Å². The van der Waals surface area contributed by atoms with Gasteiger partial charge in [0.2, 0.25) is 5.91 Å². The molecule has 1 aliphatic rings. The Morgan fingerprint density at radius 1 is 1.23 bits per heavy atom. The number of likely N-dealkylation sites (tertiary alicyclic amines) is 1. The van der Waals surface area contributed by atoms with Crippen molar-refractivity contribution in [3.63, 3.8) is 0 Å². The summed E-state index contributed by atoms with van der Waals surface area (Å²) in [6.45, 7) is 1.36. The lowest BCUT2D eigenvalue weighted by molar-refractivity contribution is -0.138. The molecule has 1 N–H and O–H groups in total. The van der Waals surface area contributed by atoms with Crippen molar-refractivity contribution in [1.82, 2.24) is 4.90 Å². The van der Waals surface area contributed by atoms with Crippen molar-refractivity contribution in [3.8, 4) is 0 Å². The number of nitrogens with zero attached hydrogens (tertiary/aromatic N) is 1. The molecule has 0 radical (unpaired) electrons.